The lowest BCUT2D eigenvalue weighted by molar-refractivity contribution is -0.130. The number of piperidine rings is 1. The van der Waals surface area contributed by atoms with E-state index in [1.807, 2.05) is 0 Å². The Kier molecular flexibility index (Phi) is 4.88. The Morgan fingerprint density at radius 1 is 1.25 bits per heavy atom. The highest BCUT2D eigenvalue weighted by Gasteiger charge is 2.41. The summed E-state index contributed by atoms with van der Waals surface area (Å²) in [6.07, 6.45) is 3.24. The molecule has 0 saturated carbocycles. The van der Waals surface area contributed by atoms with Gasteiger partial charge in [-0.25, -0.2) is 8.42 Å². The third kappa shape index (κ3) is 3.93. The summed E-state index contributed by atoms with van der Waals surface area (Å²) in [7, 11) is -3.40. The second kappa shape index (κ2) is 5.61. The lowest BCUT2D eigenvalue weighted by Gasteiger charge is -2.41. The molecule has 1 aliphatic rings. The van der Waals surface area contributed by atoms with Gasteiger partial charge in [0.1, 0.15) is 6.04 Å². The van der Waals surface area contributed by atoms with Gasteiger partial charge in [-0.05, 0) is 40.5 Å². The van der Waals surface area contributed by atoms with Gasteiger partial charge in [0.15, 0.2) is 0 Å². The second-order valence-corrected chi connectivity index (χ2v) is 8.49. The molecule has 118 valence electrons. The summed E-state index contributed by atoms with van der Waals surface area (Å²) in [5.41, 5.74) is -1.95. The van der Waals surface area contributed by atoms with Gasteiger partial charge < -0.3 is 10.4 Å². The molecule has 1 atom stereocenters. The van der Waals surface area contributed by atoms with Gasteiger partial charge in [-0.15, -0.1) is 0 Å². The molecule has 7 heteroatoms. The van der Waals surface area contributed by atoms with Crippen molar-refractivity contribution in [3.05, 3.63) is 0 Å². The zero-order valence-electron chi connectivity index (χ0n) is 12.9. The summed E-state index contributed by atoms with van der Waals surface area (Å²) in [4.78, 5) is 12.4. The number of amides is 1. The highest BCUT2D eigenvalue weighted by atomic mass is 32.2. The van der Waals surface area contributed by atoms with Gasteiger partial charge in [0.05, 0.1) is 17.4 Å². The van der Waals surface area contributed by atoms with Crippen LogP contribution in [0.15, 0.2) is 0 Å². The predicted octanol–water partition coefficient (Wildman–Crippen LogP) is 0.466. The van der Waals surface area contributed by atoms with Crippen LogP contribution in [0, 0.1) is 0 Å². The molecule has 6 nitrogen and oxygen atoms in total. The number of carbonyl (C=O) groups excluding carboxylic acids is 1. The van der Waals surface area contributed by atoms with Crippen LogP contribution in [0.2, 0.25) is 0 Å². The van der Waals surface area contributed by atoms with Crippen LogP contribution >= 0.6 is 0 Å². The summed E-state index contributed by atoms with van der Waals surface area (Å²) >= 11 is 0. The summed E-state index contributed by atoms with van der Waals surface area (Å²) in [5.74, 6) is -0.345. The average Bonchev–Trinajstić information content (AvgIpc) is 2.25. The molecule has 0 spiro atoms. The third-order valence-corrected chi connectivity index (χ3v) is 5.44. The average molecular weight is 306 g/mol. The zero-order valence-corrected chi connectivity index (χ0v) is 13.7. The minimum atomic E-state index is -3.40. The zero-order chi connectivity index (χ0) is 15.8. The number of hydrogen-bond acceptors (Lipinski definition) is 4. The van der Waals surface area contributed by atoms with Crippen molar-refractivity contribution < 1.29 is 18.3 Å². The topological polar surface area (TPSA) is 86.7 Å². The first-order valence-corrected chi connectivity index (χ1v) is 8.72. The molecular formula is C13H26N2O4S. The first-order valence-electron chi connectivity index (χ1n) is 6.87. The van der Waals surface area contributed by atoms with Crippen LogP contribution < -0.4 is 5.32 Å². The molecule has 0 bridgehead atoms. The van der Waals surface area contributed by atoms with Crippen molar-refractivity contribution in [1.29, 1.82) is 0 Å². The van der Waals surface area contributed by atoms with Gasteiger partial charge in [-0.3, -0.25) is 4.79 Å². The van der Waals surface area contributed by atoms with Crippen molar-refractivity contribution in [2.45, 2.75) is 64.1 Å². The minimum Gasteiger partial charge on any atom is -0.388 e. The van der Waals surface area contributed by atoms with E-state index < -0.39 is 27.2 Å². The van der Waals surface area contributed by atoms with E-state index in [2.05, 4.69) is 5.32 Å². The summed E-state index contributed by atoms with van der Waals surface area (Å²) in [6, 6.07) is -0.680. The minimum absolute atomic E-state index is 0.345. The van der Waals surface area contributed by atoms with Crippen LogP contribution in [0.4, 0.5) is 0 Å². The van der Waals surface area contributed by atoms with Crippen LogP contribution in [0.3, 0.4) is 0 Å². The molecule has 0 aromatic carbocycles. The maximum Gasteiger partial charge on any atom is 0.238 e. The second-order valence-electron chi connectivity index (χ2n) is 6.56. The van der Waals surface area contributed by atoms with Crippen LogP contribution in [-0.2, 0) is 14.8 Å². The fourth-order valence-electron chi connectivity index (χ4n) is 2.11. The standard InChI is InChI=1S/C13H26N2O4S/c1-12(2,13(3,4)17)14-11(16)10-8-6-7-9-15(10)20(5,18)19/h10,17H,6-9H2,1-5H3,(H,14,16). The lowest BCUT2D eigenvalue weighted by atomic mass is 9.85. The van der Waals surface area contributed by atoms with Crippen molar-refractivity contribution in [2.75, 3.05) is 12.8 Å². The summed E-state index contributed by atoms with van der Waals surface area (Å²) < 4.78 is 24.8. The highest BCUT2D eigenvalue weighted by Crippen LogP contribution is 2.24. The molecular weight excluding hydrogens is 280 g/mol. The molecule has 0 aliphatic carbocycles. The first-order chi connectivity index (χ1) is 8.86. The molecule has 1 amide bonds. The van der Waals surface area contributed by atoms with E-state index in [0.717, 1.165) is 19.1 Å². The van der Waals surface area contributed by atoms with Crippen molar-refractivity contribution in [1.82, 2.24) is 9.62 Å². The Morgan fingerprint density at radius 2 is 1.80 bits per heavy atom. The van der Waals surface area contributed by atoms with Gasteiger partial charge >= 0.3 is 0 Å². The summed E-state index contributed by atoms with van der Waals surface area (Å²) in [6.45, 7) is 7.04. The molecule has 1 fully saturated rings. The van der Waals surface area contributed by atoms with Gasteiger partial charge in [0, 0.05) is 6.54 Å². The number of aliphatic hydroxyl groups is 1. The van der Waals surface area contributed by atoms with Gasteiger partial charge in [-0.2, -0.15) is 4.31 Å². The van der Waals surface area contributed by atoms with Gasteiger partial charge in [0.25, 0.3) is 0 Å². The molecule has 0 aromatic rings. The Labute approximate surface area is 121 Å². The number of hydrogen-bond donors (Lipinski definition) is 2. The Morgan fingerprint density at radius 3 is 2.25 bits per heavy atom. The molecule has 1 saturated heterocycles. The smallest absolute Gasteiger partial charge is 0.238 e. The van der Waals surface area contributed by atoms with E-state index in [1.54, 1.807) is 27.7 Å². The normalized spacial score (nSPS) is 22.6. The SMILES string of the molecule is CC(C)(O)C(C)(C)NC(=O)C1CCCCN1S(C)(=O)=O. The molecule has 1 heterocycles. The predicted molar refractivity (Wildman–Crippen MR) is 77.7 cm³/mol. The van der Waals surface area contributed by atoms with E-state index in [1.165, 1.54) is 4.31 Å². The van der Waals surface area contributed by atoms with Crippen LogP contribution in [-0.4, -0.2) is 53.7 Å². The molecule has 0 radical (unpaired) electrons. The number of sulfonamides is 1. The van der Waals surface area contributed by atoms with Gasteiger partial charge in [-0.1, -0.05) is 6.42 Å². The molecule has 0 aromatic heterocycles. The van der Waals surface area contributed by atoms with Crippen LogP contribution in [0.1, 0.15) is 47.0 Å². The monoisotopic (exact) mass is 306 g/mol. The van der Waals surface area contributed by atoms with Gasteiger partial charge in [0.2, 0.25) is 15.9 Å². The van der Waals surface area contributed by atoms with Crippen molar-refractivity contribution in [3.8, 4) is 0 Å². The van der Waals surface area contributed by atoms with Crippen molar-refractivity contribution in [3.63, 3.8) is 0 Å². The van der Waals surface area contributed by atoms with Crippen LogP contribution in [0.25, 0.3) is 0 Å². The number of rotatable bonds is 4. The maximum atomic E-state index is 12.4. The number of carbonyl (C=O) groups is 1. The number of nitrogens with zero attached hydrogens (tertiary/aromatic N) is 1. The maximum absolute atomic E-state index is 12.4. The van der Waals surface area contributed by atoms with E-state index in [0.29, 0.717) is 13.0 Å². The largest absolute Gasteiger partial charge is 0.388 e. The fourth-order valence-corrected chi connectivity index (χ4v) is 3.23. The fraction of sp³-hybridized carbons (Fsp3) is 0.923. The molecule has 20 heavy (non-hydrogen) atoms. The van der Waals surface area contributed by atoms with Crippen molar-refractivity contribution in [2.24, 2.45) is 0 Å². The van der Waals surface area contributed by atoms with Crippen molar-refractivity contribution >= 4 is 15.9 Å². The summed E-state index contributed by atoms with van der Waals surface area (Å²) in [5, 5.41) is 12.8. The first kappa shape index (κ1) is 17.4. The Hall–Kier alpha value is -0.660. The molecule has 1 aliphatic heterocycles. The molecule has 1 unspecified atom stereocenters. The van der Waals surface area contributed by atoms with E-state index in [-0.39, 0.29) is 5.91 Å². The Bertz CT molecular complexity index is 465. The van der Waals surface area contributed by atoms with E-state index in [4.69, 9.17) is 0 Å². The quantitative estimate of drug-likeness (QED) is 0.790. The third-order valence-electron chi connectivity index (χ3n) is 4.15. The van der Waals surface area contributed by atoms with E-state index in [9.17, 15) is 18.3 Å². The van der Waals surface area contributed by atoms with E-state index >= 15 is 0 Å². The highest BCUT2D eigenvalue weighted by molar-refractivity contribution is 7.88. The Balaban J connectivity index is 2.90. The van der Waals surface area contributed by atoms with Crippen LogP contribution in [0.5, 0.6) is 0 Å². The molecule has 2 N–H and O–H groups in total. The lowest BCUT2D eigenvalue weighted by Crippen LogP contribution is -2.62. The number of nitrogens with one attached hydrogen (secondary N) is 1. The molecule has 1 rings (SSSR count).